The van der Waals surface area contributed by atoms with Crippen LogP contribution in [0.25, 0.3) is 0 Å². The number of ether oxygens (including phenoxy) is 1. The van der Waals surface area contributed by atoms with Crippen LogP contribution >= 0.6 is 0 Å². The van der Waals surface area contributed by atoms with Crippen LogP contribution < -0.4 is 5.32 Å². The van der Waals surface area contributed by atoms with Gasteiger partial charge in [-0.05, 0) is 32.5 Å². The lowest BCUT2D eigenvalue weighted by Gasteiger charge is -2.35. The van der Waals surface area contributed by atoms with Crippen LogP contribution in [-0.2, 0) is 4.74 Å². The molecule has 0 aromatic carbocycles. The third-order valence-corrected chi connectivity index (χ3v) is 4.24. The maximum absolute atomic E-state index is 5.92. The van der Waals surface area contributed by atoms with E-state index in [1.165, 1.54) is 19.4 Å². The van der Waals surface area contributed by atoms with Gasteiger partial charge in [-0.2, -0.15) is 0 Å². The number of nitrogens with one attached hydrogen (secondary N) is 1. The summed E-state index contributed by atoms with van der Waals surface area (Å²) in [5.74, 6) is 0. The summed E-state index contributed by atoms with van der Waals surface area (Å²) in [4.78, 5) is 5.13. The Labute approximate surface area is 112 Å². The first-order valence-corrected chi connectivity index (χ1v) is 7.62. The van der Waals surface area contributed by atoms with Crippen molar-refractivity contribution >= 4 is 0 Å². The van der Waals surface area contributed by atoms with E-state index >= 15 is 0 Å². The van der Waals surface area contributed by atoms with Crippen LogP contribution in [0, 0.1) is 0 Å². The zero-order chi connectivity index (χ0) is 12.8. The highest BCUT2D eigenvalue weighted by atomic mass is 16.5. The van der Waals surface area contributed by atoms with Crippen molar-refractivity contribution in [2.24, 2.45) is 0 Å². The molecule has 4 nitrogen and oxygen atoms in total. The van der Waals surface area contributed by atoms with Crippen molar-refractivity contribution in [3.63, 3.8) is 0 Å². The van der Waals surface area contributed by atoms with Gasteiger partial charge >= 0.3 is 0 Å². The average Bonchev–Trinajstić information content (AvgIpc) is 2.84. The molecule has 0 aliphatic carbocycles. The largest absolute Gasteiger partial charge is 0.374 e. The molecule has 2 saturated heterocycles. The van der Waals surface area contributed by atoms with Crippen molar-refractivity contribution in [3.05, 3.63) is 0 Å². The SMILES string of the molecule is CCNCC1CCCN1CC1CN(CC)CCO1. The van der Waals surface area contributed by atoms with E-state index in [2.05, 4.69) is 29.0 Å². The van der Waals surface area contributed by atoms with E-state index in [9.17, 15) is 0 Å². The summed E-state index contributed by atoms with van der Waals surface area (Å²) in [5, 5.41) is 3.48. The molecule has 0 aromatic rings. The first kappa shape index (κ1) is 14.3. The van der Waals surface area contributed by atoms with Gasteiger partial charge in [0.2, 0.25) is 0 Å². The number of likely N-dealkylation sites (tertiary alicyclic amines) is 1. The molecule has 0 radical (unpaired) electrons. The molecule has 106 valence electrons. The molecule has 0 saturated carbocycles. The Kier molecular flexibility index (Phi) is 5.89. The summed E-state index contributed by atoms with van der Waals surface area (Å²) in [7, 11) is 0. The summed E-state index contributed by atoms with van der Waals surface area (Å²) in [6.45, 7) is 13.3. The summed E-state index contributed by atoms with van der Waals surface area (Å²) < 4.78 is 5.92. The minimum Gasteiger partial charge on any atom is -0.374 e. The standard InChI is InChI=1S/C14H29N3O/c1-3-15-10-13-6-5-7-17(13)12-14-11-16(4-2)8-9-18-14/h13-15H,3-12H2,1-2H3. The topological polar surface area (TPSA) is 27.7 Å². The molecule has 2 aliphatic rings. The Balaban J connectivity index is 1.76. The maximum atomic E-state index is 5.92. The van der Waals surface area contributed by atoms with Gasteiger partial charge in [-0.25, -0.2) is 0 Å². The molecule has 0 amide bonds. The van der Waals surface area contributed by atoms with Gasteiger partial charge in [0.05, 0.1) is 12.7 Å². The van der Waals surface area contributed by atoms with Gasteiger partial charge in [-0.3, -0.25) is 9.80 Å². The van der Waals surface area contributed by atoms with Crippen molar-refractivity contribution in [2.45, 2.75) is 38.8 Å². The second-order valence-electron chi connectivity index (χ2n) is 5.48. The normalized spacial score (nSPS) is 31.0. The quantitative estimate of drug-likeness (QED) is 0.759. The van der Waals surface area contributed by atoms with Crippen LogP contribution in [-0.4, -0.2) is 74.4 Å². The molecule has 0 spiro atoms. The molecule has 2 fully saturated rings. The van der Waals surface area contributed by atoms with Crippen LogP contribution in [0.2, 0.25) is 0 Å². The highest BCUT2D eigenvalue weighted by Gasteiger charge is 2.28. The zero-order valence-corrected chi connectivity index (χ0v) is 12.0. The van der Waals surface area contributed by atoms with Crippen LogP contribution in [0.3, 0.4) is 0 Å². The highest BCUT2D eigenvalue weighted by molar-refractivity contribution is 4.84. The number of hydrogen-bond donors (Lipinski definition) is 1. The predicted octanol–water partition coefficient (Wildman–Crippen LogP) is 0.781. The van der Waals surface area contributed by atoms with Crippen LogP contribution in [0.1, 0.15) is 26.7 Å². The Hall–Kier alpha value is -0.160. The molecule has 2 unspecified atom stereocenters. The lowest BCUT2D eigenvalue weighted by molar-refractivity contribution is -0.0432. The Morgan fingerprint density at radius 3 is 2.94 bits per heavy atom. The minimum absolute atomic E-state index is 0.418. The molecular formula is C14H29N3O. The monoisotopic (exact) mass is 255 g/mol. The molecule has 2 aliphatic heterocycles. The van der Waals surface area contributed by atoms with Crippen LogP contribution in [0.4, 0.5) is 0 Å². The van der Waals surface area contributed by atoms with E-state index in [4.69, 9.17) is 4.74 Å². The Bertz CT molecular complexity index is 237. The smallest absolute Gasteiger partial charge is 0.0829 e. The molecule has 1 N–H and O–H groups in total. The van der Waals surface area contributed by atoms with Crippen molar-refractivity contribution in [3.8, 4) is 0 Å². The van der Waals surface area contributed by atoms with E-state index in [0.29, 0.717) is 6.10 Å². The summed E-state index contributed by atoms with van der Waals surface area (Å²) in [6, 6.07) is 0.727. The second kappa shape index (κ2) is 7.43. The van der Waals surface area contributed by atoms with Gasteiger partial charge < -0.3 is 10.1 Å². The number of morpholine rings is 1. The third-order valence-electron chi connectivity index (χ3n) is 4.24. The van der Waals surface area contributed by atoms with Crippen molar-refractivity contribution in [2.75, 3.05) is 52.4 Å². The average molecular weight is 255 g/mol. The van der Waals surface area contributed by atoms with Gasteiger partial charge in [0, 0.05) is 32.2 Å². The molecule has 0 bridgehead atoms. The summed E-state index contributed by atoms with van der Waals surface area (Å²) in [6.07, 6.45) is 3.11. The van der Waals surface area contributed by atoms with Crippen LogP contribution in [0.15, 0.2) is 0 Å². The molecule has 2 atom stereocenters. The van der Waals surface area contributed by atoms with Gasteiger partial charge in [0.1, 0.15) is 0 Å². The van der Waals surface area contributed by atoms with E-state index in [-0.39, 0.29) is 0 Å². The second-order valence-corrected chi connectivity index (χ2v) is 5.48. The number of hydrogen-bond acceptors (Lipinski definition) is 4. The van der Waals surface area contributed by atoms with Crippen molar-refractivity contribution < 1.29 is 4.74 Å². The highest BCUT2D eigenvalue weighted by Crippen LogP contribution is 2.18. The number of likely N-dealkylation sites (N-methyl/N-ethyl adjacent to an activating group) is 2. The molecule has 18 heavy (non-hydrogen) atoms. The lowest BCUT2D eigenvalue weighted by atomic mass is 10.2. The minimum atomic E-state index is 0.418. The van der Waals surface area contributed by atoms with Crippen molar-refractivity contribution in [1.82, 2.24) is 15.1 Å². The van der Waals surface area contributed by atoms with Crippen LogP contribution in [0.5, 0.6) is 0 Å². The van der Waals surface area contributed by atoms with Gasteiger partial charge in [0.15, 0.2) is 0 Å². The first-order chi connectivity index (χ1) is 8.83. The number of nitrogens with zero attached hydrogens (tertiary/aromatic N) is 2. The first-order valence-electron chi connectivity index (χ1n) is 7.62. The van der Waals surface area contributed by atoms with Gasteiger partial charge in [-0.15, -0.1) is 0 Å². The molecule has 2 rings (SSSR count). The fourth-order valence-electron chi connectivity index (χ4n) is 3.12. The van der Waals surface area contributed by atoms with Gasteiger partial charge in [-0.1, -0.05) is 13.8 Å². The number of rotatable bonds is 6. The zero-order valence-electron chi connectivity index (χ0n) is 12.0. The van der Waals surface area contributed by atoms with E-state index in [0.717, 1.165) is 51.9 Å². The molecular weight excluding hydrogens is 226 g/mol. The maximum Gasteiger partial charge on any atom is 0.0829 e. The summed E-state index contributed by atoms with van der Waals surface area (Å²) in [5.41, 5.74) is 0. The van der Waals surface area contributed by atoms with Crippen molar-refractivity contribution in [1.29, 1.82) is 0 Å². The fourth-order valence-corrected chi connectivity index (χ4v) is 3.12. The summed E-state index contributed by atoms with van der Waals surface area (Å²) >= 11 is 0. The lowest BCUT2D eigenvalue weighted by Crippen LogP contribution is -2.49. The molecule has 0 aromatic heterocycles. The van der Waals surface area contributed by atoms with E-state index < -0.39 is 0 Å². The molecule has 2 heterocycles. The fraction of sp³-hybridized carbons (Fsp3) is 1.00. The van der Waals surface area contributed by atoms with E-state index in [1.807, 2.05) is 0 Å². The third kappa shape index (κ3) is 3.92. The predicted molar refractivity (Wildman–Crippen MR) is 75.0 cm³/mol. The Morgan fingerprint density at radius 1 is 1.28 bits per heavy atom. The Morgan fingerprint density at radius 2 is 2.17 bits per heavy atom. The van der Waals surface area contributed by atoms with Gasteiger partial charge in [0.25, 0.3) is 0 Å². The van der Waals surface area contributed by atoms with E-state index in [1.54, 1.807) is 0 Å². The molecule has 4 heteroatoms.